The van der Waals surface area contributed by atoms with E-state index in [1.165, 1.54) is 0 Å². The predicted molar refractivity (Wildman–Crippen MR) is 27.3 cm³/mol. The molecule has 8 heavy (non-hydrogen) atoms. The van der Waals surface area contributed by atoms with Gasteiger partial charge in [-0.2, -0.15) is 0 Å². The second-order valence-electron chi connectivity index (χ2n) is 2.59. The molecule has 0 spiro atoms. The summed E-state index contributed by atoms with van der Waals surface area (Å²) in [5.41, 5.74) is 0. The molecular formula is C5H9NO2. The minimum Gasteiger partial charge on any atom is -0.391 e. The fourth-order valence-electron chi connectivity index (χ4n) is 1.41. The third-order valence-electron chi connectivity index (χ3n) is 1.97. The molecule has 4 atom stereocenters. The molecule has 2 aliphatic rings. The number of nitrogens with one attached hydrogen (secondary N) is 1. The third-order valence-corrected chi connectivity index (χ3v) is 1.97. The molecule has 1 aliphatic carbocycles. The summed E-state index contributed by atoms with van der Waals surface area (Å²) in [6.07, 6.45) is -0.0347. The molecule has 2 rings (SSSR count). The molecule has 0 aromatic heterocycles. The Morgan fingerprint density at radius 1 is 1.12 bits per heavy atom. The molecule has 1 heterocycles. The van der Waals surface area contributed by atoms with Crippen LogP contribution in [0.5, 0.6) is 0 Å². The Balaban J connectivity index is 2.09. The number of fused-ring (bicyclic) bond motifs is 1. The molecule has 46 valence electrons. The molecule has 3 N–H and O–H groups in total. The van der Waals surface area contributed by atoms with Crippen LogP contribution < -0.4 is 5.32 Å². The molecule has 2 fully saturated rings. The van der Waals surface area contributed by atoms with Crippen molar-refractivity contribution in [2.45, 2.75) is 30.7 Å². The Hall–Kier alpha value is -0.120. The van der Waals surface area contributed by atoms with Crippen LogP contribution in [0.2, 0.25) is 0 Å². The van der Waals surface area contributed by atoms with Crippen LogP contribution in [0.25, 0.3) is 0 Å². The van der Waals surface area contributed by atoms with Crippen molar-refractivity contribution in [3.63, 3.8) is 0 Å². The number of hydrogen-bond acceptors (Lipinski definition) is 3. The first kappa shape index (κ1) is 4.73. The summed E-state index contributed by atoms with van der Waals surface area (Å²) in [6, 6.07) is 0.426. The van der Waals surface area contributed by atoms with Crippen LogP contribution >= 0.6 is 0 Å². The van der Waals surface area contributed by atoms with Crippen molar-refractivity contribution in [2.75, 3.05) is 0 Å². The third kappa shape index (κ3) is 0.438. The molecule has 3 heteroatoms. The summed E-state index contributed by atoms with van der Waals surface area (Å²) in [4.78, 5) is 0. The standard InChI is InChI=1S/C5H9NO2/c7-2-1-3(8)5-4(2)6-5/h2-8H,1H2. The van der Waals surface area contributed by atoms with Gasteiger partial charge in [0, 0.05) is 6.42 Å². The van der Waals surface area contributed by atoms with E-state index in [1.807, 2.05) is 0 Å². The van der Waals surface area contributed by atoms with E-state index in [1.54, 1.807) is 0 Å². The van der Waals surface area contributed by atoms with Gasteiger partial charge in [0.15, 0.2) is 0 Å². The first-order valence-corrected chi connectivity index (χ1v) is 2.91. The van der Waals surface area contributed by atoms with Crippen LogP contribution in [0.1, 0.15) is 6.42 Å². The van der Waals surface area contributed by atoms with E-state index in [0.29, 0.717) is 6.42 Å². The molecule has 3 nitrogen and oxygen atoms in total. The summed E-state index contributed by atoms with van der Waals surface area (Å²) in [7, 11) is 0. The van der Waals surface area contributed by atoms with E-state index in [2.05, 4.69) is 5.32 Å². The highest BCUT2D eigenvalue weighted by Gasteiger charge is 2.53. The van der Waals surface area contributed by atoms with Crippen LogP contribution in [0.3, 0.4) is 0 Å². The van der Waals surface area contributed by atoms with E-state index in [-0.39, 0.29) is 24.3 Å². The van der Waals surface area contributed by atoms with E-state index in [9.17, 15) is 0 Å². The monoisotopic (exact) mass is 115 g/mol. The maximum absolute atomic E-state index is 8.99. The summed E-state index contributed by atoms with van der Waals surface area (Å²) in [5, 5.41) is 20.9. The number of piperidine rings is 1. The molecule has 1 saturated carbocycles. The second kappa shape index (κ2) is 1.23. The van der Waals surface area contributed by atoms with Crippen molar-refractivity contribution < 1.29 is 10.2 Å². The Kier molecular flexibility index (Phi) is 0.730. The van der Waals surface area contributed by atoms with Gasteiger partial charge < -0.3 is 15.5 Å². The van der Waals surface area contributed by atoms with E-state index in [4.69, 9.17) is 10.2 Å². The Bertz CT molecular complexity index is 101. The highest BCUT2D eigenvalue weighted by atomic mass is 16.3. The van der Waals surface area contributed by atoms with Crippen LogP contribution in [0.15, 0.2) is 0 Å². The fourth-order valence-corrected chi connectivity index (χ4v) is 1.41. The minimum absolute atomic E-state index is 0.213. The van der Waals surface area contributed by atoms with E-state index < -0.39 is 0 Å². The SMILES string of the molecule is OC1CC(O)C2NC12. The smallest absolute Gasteiger partial charge is 0.0734 e. The molecule has 1 aliphatic heterocycles. The van der Waals surface area contributed by atoms with Gasteiger partial charge in [0.25, 0.3) is 0 Å². The van der Waals surface area contributed by atoms with Gasteiger partial charge in [0.05, 0.1) is 24.3 Å². The minimum atomic E-state index is -0.296. The van der Waals surface area contributed by atoms with Crippen molar-refractivity contribution in [3.05, 3.63) is 0 Å². The maximum atomic E-state index is 8.99. The summed E-state index contributed by atoms with van der Waals surface area (Å²) < 4.78 is 0. The zero-order valence-electron chi connectivity index (χ0n) is 4.41. The fraction of sp³-hybridized carbons (Fsp3) is 1.00. The molecule has 1 saturated heterocycles. The average Bonchev–Trinajstić information content (AvgIpc) is 2.35. The van der Waals surface area contributed by atoms with Crippen molar-refractivity contribution in [1.82, 2.24) is 5.32 Å². The maximum Gasteiger partial charge on any atom is 0.0734 e. The zero-order chi connectivity index (χ0) is 5.72. The lowest BCUT2D eigenvalue weighted by Crippen LogP contribution is -2.19. The van der Waals surface area contributed by atoms with Gasteiger partial charge in [0.2, 0.25) is 0 Å². The van der Waals surface area contributed by atoms with Crippen LogP contribution in [0.4, 0.5) is 0 Å². The van der Waals surface area contributed by atoms with Crippen LogP contribution in [0, 0.1) is 0 Å². The van der Waals surface area contributed by atoms with Gasteiger partial charge in [-0.1, -0.05) is 0 Å². The lowest BCUT2D eigenvalue weighted by molar-refractivity contribution is 0.113. The Labute approximate surface area is 47.3 Å². The summed E-state index contributed by atoms with van der Waals surface area (Å²) in [5.74, 6) is 0. The first-order chi connectivity index (χ1) is 3.79. The van der Waals surface area contributed by atoms with Gasteiger partial charge >= 0.3 is 0 Å². The number of hydrogen-bond donors (Lipinski definition) is 3. The van der Waals surface area contributed by atoms with Crippen LogP contribution in [-0.4, -0.2) is 34.5 Å². The van der Waals surface area contributed by atoms with Gasteiger partial charge in [-0.15, -0.1) is 0 Å². The Morgan fingerprint density at radius 2 is 1.62 bits per heavy atom. The average molecular weight is 115 g/mol. The molecule has 0 radical (unpaired) electrons. The molecule has 0 bridgehead atoms. The van der Waals surface area contributed by atoms with Gasteiger partial charge in [-0.05, 0) is 0 Å². The molecule has 0 amide bonds. The molecule has 0 aromatic carbocycles. The Morgan fingerprint density at radius 3 is 1.75 bits per heavy atom. The quantitative estimate of drug-likeness (QED) is 0.335. The summed E-state index contributed by atoms with van der Waals surface area (Å²) >= 11 is 0. The molecule has 4 unspecified atom stereocenters. The van der Waals surface area contributed by atoms with Gasteiger partial charge in [0.1, 0.15) is 0 Å². The highest BCUT2D eigenvalue weighted by Crippen LogP contribution is 2.30. The van der Waals surface area contributed by atoms with E-state index in [0.717, 1.165) is 0 Å². The van der Waals surface area contributed by atoms with Crippen molar-refractivity contribution in [3.8, 4) is 0 Å². The lowest BCUT2D eigenvalue weighted by atomic mass is 10.3. The van der Waals surface area contributed by atoms with E-state index >= 15 is 0 Å². The normalized spacial score (nSPS) is 60.8. The first-order valence-electron chi connectivity index (χ1n) is 2.91. The van der Waals surface area contributed by atoms with Crippen LogP contribution in [-0.2, 0) is 0 Å². The number of aliphatic hydroxyl groups excluding tert-OH is 2. The largest absolute Gasteiger partial charge is 0.391 e. The van der Waals surface area contributed by atoms with Crippen molar-refractivity contribution in [1.29, 1.82) is 0 Å². The molecule has 0 aromatic rings. The highest BCUT2D eigenvalue weighted by molar-refractivity contribution is 5.13. The van der Waals surface area contributed by atoms with Gasteiger partial charge in [-0.25, -0.2) is 0 Å². The lowest BCUT2D eigenvalue weighted by Gasteiger charge is -2.03. The zero-order valence-corrected chi connectivity index (χ0v) is 4.41. The van der Waals surface area contributed by atoms with Crippen molar-refractivity contribution >= 4 is 0 Å². The van der Waals surface area contributed by atoms with Crippen molar-refractivity contribution in [2.24, 2.45) is 0 Å². The second-order valence-corrected chi connectivity index (χ2v) is 2.59. The molecular weight excluding hydrogens is 106 g/mol. The van der Waals surface area contributed by atoms with Gasteiger partial charge in [-0.3, -0.25) is 0 Å². The number of rotatable bonds is 0. The predicted octanol–water partition coefficient (Wildman–Crippen LogP) is -1.55. The topological polar surface area (TPSA) is 62.4 Å². The summed E-state index contributed by atoms with van der Waals surface area (Å²) in [6.45, 7) is 0. The number of aliphatic hydroxyl groups is 2.